The number of cyclic esters (lactones) is 1. The van der Waals surface area contributed by atoms with Gasteiger partial charge in [0.2, 0.25) is 5.76 Å². The van der Waals surface area contributed by atoms with E-state index in [4.69, 9.17) is 37.6 Å². The van der Waals surface area contributed by atoms with Crippen molar-refractivity contribution in [1.29, 1.82) is 0 Å². The lowest BCUT2D eigenvalue weighted by Gasteiger charge is -2.37. The molecule has 1 aliphatic heterocycles. The van der Waals surface area contributed by atoms with E-state index < -0.39 is 26.5 Å². The Kier molecular flexibility index (Phi) is 12.0. The zero-order valence-electron chi connectivity index (χ0n) is 19.7. The van der Waals surface area contributed by atoms with E-state index >= 15 is 0 Å². The van der Waals surface area contributed by atoms with E-state index in [1.54, 1.807) is 14.2 Å². The van der Waals surface area contributed by atoms with Crippen LogP contribution in [0.25, 0.3) is 0 Å². The molecule has 0 spiro atoms. The van der Waals surface area contributed by atoms with Crippen LogP contribution in [0.4, 0.5) is 0 Å². The summed E-state index contributed by atoms with van der Waals surface area (Å²) in [6.07, 6.45) is -2.21. The number of esters is 1. The van der Waals surface area contributed by atoms with Gasteiger partial charge in [-0.05, 0) is 18.1 Å². The highest BCUT2D eigenvalue weighted by atomic mass is 28.4. The number of hydrogen-bond donors (Lipinski definition) is 1. The van der Waals surface area contributed by atoms with Crippen LogP contribution in [0.2, 0.25) is 18.1 Å². The Morgan fingerprint density at radius 3 is 2.06 bits per heavy atom. The molecule has 0 unspecified atom stereocenters. The molecule has 1 aliphatic rings. The van der Waals surface area contributed by atoms with Crippen molar-refractivity contribution < 1.29 is 47.5 Å². The van der Waals surface area contributed by atoms with Crippen LogP contribution in [0.5, 0.6) is 0 Å². The first-order valence-corrected chi connectivity index (χ1v) is 13.1. The van der Waals surface area contributed by atoms with E-state index in [0.717, 1.165) is 0 Å². The van der Waals surface area contributed by atoms with E-state index in [0.29, 0.717) is 26.4 Å². The van der Waals surface area contributed by atoms with Crippen LogP contribution >= 0.6 is 0 Å². The third-order valence-electron chi connectivity index (χ3n) is 5.12. The molecule has 0 aromatic rings. The molecule has 0 aromatic carbocycles. The highest BCUT2D eigenvalue weighted by Crippen LogP contribution is 2.37. The maximum atomic E-state index is 12.3. The minimum Gasteiger partial charge on any atom is -0.464 e. The van der Waals surface area contributed by atoms with Gasteiger partial charge in [0, 0.05) is 14.2 Å². The number of methoxy groups -OCH3 is 2. The number of carbonyl (C=O) groups is 1. The van der Waals surface area contributed by atoms with Gasteiger partial charge in [-0.15, -0.1) is 0 Å². The zero-order valence-corrected chi connectivity index (χ0v) is 20.7. The average Bonchev–Trinajstić information content (AvgIpc) is 3.00. The van der Waals surface area contributed by atoms with Gasteiger partial charge >= 0.3 is 5.97 Å². The molecule has 0 saturated heterocycles. The van der Waals surface area contributed by atoms with Crippen molar-refractivity contribution in [3.8, 4) is 0 Å². The third kappa shape index (κ3) is 9.05. The summed E-state index contributed by atoms with van der Waals surface area (Å²) in [7, 11) is 0.998. The van der Waals surface area contributed by atoms with Gasteiger partial charge < -0.3 is 42.7 Å². The molecule has 10 nitrogen and oxygen atoms in total. The van der Waals surface area contributed by atoms with Gasteiger partial charge in [0.05, 0.1) is 33.0 Å². The summed E-state index contributed by atoms with van der Waals surface area (Å²) in [5.74, 6) is -0.869. The Morgan fingerprint density at radius 1 is 1.00 bits per heavy atom. The molecule has 182 valence electrons. The number of aliphatic hydroxyl groups excluding tert-OH is 1. The average molecular weight is 467 g/mol. The van der Waals surface area contributed by atoms with Crippen LogP contribution < -0.4 is 0 Å². The number of ether oxygens (including phenoxy) is 7. The number of aliphatic hydroxyl groups is 1. The van der Waals surface area contributed by atoms with Crippen molar-refractivity contribution in [3.05, 3.63) is 11.5 Å². The largest absolute Gasteiger partial charge is 0.464 e. The predicted octanol–water partition coefficient (Wildman–Crippen LogP) is 1.78. The third-order valence-corrected chi connectivity index (χ3v) is 9.62. The molecule has 11 heteroatoms. The van der Waals surface area contributed by atoms with Crippen LogP contribution in [-0.4, -0.2) is 92.4 Å². The van der Waals surface area contributed by atoms with Crippen LogP contribution in [0.15, 0.2) is 11.5 Å². The van der Waals surface area contributed by atoms with Crippen molar-refractivity contribution in [1.82, 2.24) is 0 Å². The van der Waals surface area contributed by atoms with Crippen molar-refractivity contribution in [2.45, 2.75) is 51.1 Å². The quantitative estimate of drug-likeness (QED) is 0.156. The summed E-state index contributed by atoms with van der Waals surface area (Å²) in [5.41, 5.74) is 0. The molecular formula is C20H38O10Si. The molecule has 1 N–H and O–H groups in total. The molecule has 31 heavy (non-hydrogen) atoms. The smallest absolute Gasteiger partial charge is 0.378 e. The summed E-state index contributed by atoms with van der Waals surface area (Å²) in [4.78, 5) is 12.3. The fourth-order valence-corrected chi connectivity index (χ4v) is 3.21. The second kappa shape index (κ2) is 13.4. The maximum absolute atomic E-state index is 12.3. The highest BCUT2D eigenvalue weighted by Gasteiger charge is 2.44. The molecule has 0 saturated carbocycles. The summed E-state index contributed by atoms with van der Waals surface area (Å²) in [6.45, 7) is 11.4. The van der Waals surface area contributed by atoms with E-state index in [-0.39, 0.29) is 36.7 Å². The normalized spacial score (nSPS) is 18.3. The Bertz CT molecular complexity index is 573. The molecule has 1 heterocycles. The summed E-state index contributed by atoms with van der Waals surface area (Å²) in [5, 5.41) is 10.7. The van der Waals surface area contributed by atoms with Crippen LogP contribution in [0.3, 0.4) is 0 Å². The van der Waals surface area contributed by atoms with Gasteiger partial charge in [-0.1, -0.05) is 20.8 Å². The van der Waals surface area contributed by atoms with Gasteiger partial charge in [0.15, 0.2) is 33.8 Å². The van der Waals surface area contributed by atoms with Crippen LogP contribution in [0.1, 0.15) is 20.8 Å². The molecular weight excluding hydrogens is 428 g/mol. The fourth-order valence-electron chi connectivity index (χ4n) is 2.19. The lowest BCUT2D eigenvalue weighted by molar-refractivity contribution is -0.151. The Hall–Kier alpha value is -1.21. The van der Waals surface area contributed by atoms with Gasteiger partial charge in [0.25, 0.3) is 0 Å². The number of rotatable bonds is 16. The van der Waals surface area contributed by atoms with Crippen molar-refractivity contribution >= 4 is 14.3 Å². The standard InChI is InChI=1S/C20H38O10Si/c1-20(2,3)31(6,7)29-12-15(21)16-17(27-13-25-10-8-23-4)18(19(22)30-16)28-14-26-11-9-24-5/h15-16,21H,8-14H2,1-7H3/t15-,16+/m0/s1. The van der Waals surface area contributed by atoms with Crippen molar-refractivity contribution in [2.24, 2.45) is 0 Å². The van der Waals surface area contributed by atoms with E-state index in [1.165, 1.54) is 0 Å². The van der Waals surface area contributed by atoms with Crippen molar-refractivity contribution in [3.63, 3.8) is 0 Å². The second-order valence-corrected chi connectivity index (χ2v) is 13.3. The first kappa shape index (κ1) is 27.8. The van der Waals surface area contributed by atoms with Gasteiger partial charge in [-0.3, -0.25) is 0 Å². The summed E-state index contributed by atoms with van der Waals surface area (Å²) >= 11 is 0. The topological polar surface area (TPSA) is 111 Å². The lowest BCUT2D eigenvalue weighted by atomic mass is 10.2. The molecule has 0 amide bonds. The Morgan fingerprint density at radius 2 is 1.55 bits per heavy atom. The van der Waals surface area contributed by atoms with Crippen LogP contribution in [0, 0.1) is 0 Å². The predicted molar refractivity (Wildman–Crippen MR) is 114 cm³/mol. The minimum absolute atomic E-state index is 0.0105. The van der Waals surface area contributed by atoms with Crippen LogP contribution in [-0.2, 0) is 42.4 Å². The lowest BCUT2D eigenvalue weighted by Crippen LogP contribution is -2.45. The van der Waals surface area contributed by atoms with Crippen molar-refractivity contribution in [2.75, 3.05) is 60.8 Å². The molecule has 0 aliphatic carbocycles. The van der Waals surface area contributed by atoms with Gasteiger partial charge in [-0.25, -0.2) is 4.79 Å². The highest BCUT2D eigenvalue weighted by molar-refractivity contribution is 6.74. The maximum Gasteiger partial charge on any atom is 0.378 e. The first-order chi connectivity index (χ1) is 14.5. The van der Waals surface area contributed by atoms with E-state index in [9.17, 15) is 9.90 Å². The second-order valence-electron chi connectivity index (χ2n) is 8.48. The monoisotopic (exact) mass is 466 g/mol. The molecule has 2 atom stereocenters. The first-order valence-electron chi connectivity index (χ1n) is 10.2. The summed E-state index contributed by atoms with van der Waals surface area (Å²) in [6, 6.07) is 0. The molecule has 0 fully saturated rings. The summed E-state index contributed by atoms with van der Waals surface area (Å²) < 4.78 is 42.7. The fraction of sp³-hybridized carbons (Fsp3) is 0.850. The Balaban J connectivity index is 2.82. The molecule has 0 bridgehead atoms. The number of carbonyl (C=O) groups excluding carboxylic acids is 1. The Labute approximate surface area is 185 Å². The van der Waals surface area contributed by atoms with Gasteiger partial charge in [-0.2, -0.15) is 0 Å². The molecule has 1 rings (SSSR count). The number of hydrogen-bond acceptors (Lipinski definition) is 10. The SMILES string of the molecule is COCCOCOC1=C(OCOCCOC)[C@@H]([C@@H](O)CO[Si](C)(C)C(C)(C)C)OC1=O. The van der Waals surface area contributed by atoms with Gasteiger partial charge in [0.1, 0.15) is 6.10 Å². The molecule has 0 aromatic heterocycles. The van der Waals surface area contributed by atoms with E-state index in [2.05, 4.69) is 33.9 Å². The molecule has 0 radical (unpaired) electrons. The minimum atomic E-state index is -2.11. The zero-order chi connectivity index (χ0) is 23.5. The van der Waals surface area contributed by atoms with E-state index in [1.807, 2.05) is 0 Å².